The van der Waals surface area contributed by atoms with E-state index in [0.717, 1.165) is 19.3 Å². The second-order valence-electron chi connectivity index (χ2n) is 3.92. The quantitative estimate of drug-likeness (QED) is 0.709. The van der Waals surface area contributed by atoms with Crippen LogP contribution in [0.25, 0.3) is 0 Å². The summed E-state index contributed by atoms with van der Waals surface area (Å²) >= 11 is 0. The predicted molar refractivity (Wildman–Crippen MR) is 55.4 cm³/mol. The second kappa shape index (κ2) is 5.09. The largest absolute Gasteiger partial charge is 0.396 e. The molecule has 0 amide bonds. The maximum atomic E-state index is 11.5. The fourth-order valence-electron chi connectivity index (χ4n) is 1.97. The summed E-state index contributed by atoms with van der Waals surface area (Å²) in [5, 5.41) is 9.03. The second-order valence-corrected chi connectivity index (χ2v) is 5.79. The molecule has 2 atom stereocenters. The lowest BCUT2D eigenvalue weighted by molar-refractivity contribution is 0.213. The summed E-state index contributed by atoms with van der Waals surface area (Å²) in [5.41, 5.74) is 0. The molecule has 0 aromatic heterocycles. The van der Waals surface area contributed by atoms with Crippen LogP contribution in [0, 0.1) is 5.92 Å². The van der Waals surface area contributed by atoms with Gasteiger partial charge >= 0.3 is 0 Å². The van der Waals surface area contributed by atoms with Crippen LogP contribution in [-0.4, -0.2) is 31.9 Å². The molecule has 0 bridgehead atoms. The van der Waals surface area contributed by atoms with Crippen molar-refractivity contribution in [3.8, 4) is 0 Å². The van der Waals surface area contributed by atoms with E-state index in [1.807, 2.05) is 6.92 Å². The Balaban J connectivity index is 2.51. The molecule has 2 N–H and O–H groups in total. The van der Waals surface area contributed by atoms with Crippen LogP contribution in [0.4, 0.5) is 0 Å². The Morgan fingerprint density at radius 2 is 2.14 bits per heavy atom. The van der Waals surface area contributed by atoms with Crippen molar-refractivity contribution in [3.63, 3.8) is 0 Å². The van der Waals surface area contributed by atoms with Crippen LogP contribution < -0.4 is 4.72 Å². The fraction of sp³-hybridized carbons (Fsp3) is 1.00. The summed E-state index contributed by atoms with van der Waals surface area (Å²) in [6.45, 7) is 1.93. The van der Waals surface area contributed by atoms with E-state index in [9.17, 15) is 8.42 Å². The molecule has 0 spiro atoms. The van der Waals surface area contributed by atoms with Crippen molar-refractivity contribution in [1.29, 1.82) is 0 Å². The molecular weight excluding hydrogens is 202 g/mol. The maximum absolute atomic E-state index is 11.5. The molecule has 1 aliphatic rings. The van der Waals surface area contributed by atoms with Gasteiger partial charge in [-0.1, -0.05) is 13.3 Å². The van der Waals surface area contributed by atoms with Gasteiger partial charge in [0.25, 0.3) is 0 Å². The lowest BCUT2D eigenvalue weighted by atomic mass is 10.1. The first-order chi connectivity index (χ1) is 6.59. The van der Waals surface area contributed by atoms with Crippen molar-refractivity contribution in [1.82, 2.24) is 4.72 Å². The molecule has 1 saturated carbocycles. The molecule has 0 radical (unpaired) electrons. The van der Waals surface area contributed by atoms with Gasteiger partial charge in [0.15, 0.2) is 0 Å². The van der Waals surface area contributed by atoms with Crippen LogP contribution in [0.5, 0.6) is 0 Å². The minimum absolute atomic E-state index is 0.0449. The van der Waals surface area contributed by atoms with E-state index in [-0.39, 0.29) is 24.3 Å². The molecule has 1 aliphatic carbocycles. The zero-order valence-electron chi connectivity index (χ0n) is 8.57. The van der Waals surface area contributed by atoms with Crippen LogP contribution in [0.1, 0.15) is 32.6 Å². The van der Waals surface area contributed by atoms with Gasteiger partial charge < -0.3 is 5.11 Å². The first-order valence-corrected chi connectivity index (χ1v) is 6.85. The van der Waals surface area contributed by atoms with Crippen LogP contribution >= 0.6 is 0 Å². The molecule has 0 aromatic carbocycles. The highest BCUT2D eigenvalue weighted by atomic mass is 32.2. The highest BCUT2D eigenvalue weighted by Crippen LogP contribution is 2.25. The highest BCUT2D eigenvalue weighted by molar-refractivity contribution is 7.89. The van der Waals surface area contributed by atoms with Crippen molar-refractivity contribution >= 4 is 10.0 Å². The van der Waals surface area contributed by atoms with Gasteiger partial charge in [-0.2, -0.15) is 0 Å². The summed E-state index contributed by atoms with van der Waals surface area (Å²) < 4.78 is 25.6. The summed E-state index contributed by atoms with van der Waals surface area (Å²) in [6.07, 6.45) is 3.42. The molecule has 0 saturated heterocycles. The number of hydrogen-bond acceptors (Lipinski definition) is 3. The molecule has 0 heterocycles. The standard InChI is InChI=1S/C9H19NO3S/c1-2-6-14(12,13)10-9-5-3-4-8(9)7-11/h8-11H,2-7H2,1H3. The molecule has 5 heteroatoms. The highest BCUT2D eigenvalue weighted by Gasteiger charge is 2.29. The Morgan fingerprint density at radius 3 is 2.71 bits per heavy atom. The van der Waals surface area contributed by atoms with Gasteiger partial charge in [-0.05, 0) is 25.2 Å². The molecule has 14 heavy (non-hydrogen) atoms. The van der Waals surface area contributed by atoms with Crippen molar-refractivity contribution in [3.05, 3.63) is 0 Å². The first-order valence-electron chi connectivity index (χ1n) is 5.20. The number of hydrogen-bond donors (Lipinski definition) is 2. The average Bonchev–Trinajstić information content (AvgIpc) is 2.50. The van der Waals surface area contributed by atoms with E-state index >= 15 is 0 Å². The van der Waals surface area contributed by atoms with E-state index < -0.39 is 10.0 Å². The van der Waals surface area contributed by atoms with E-state index in [1.165, 1.54) is 0 Å². The smallest absolute Gasteiger partial charge is 0.211 e. The Morgan fingerprint density at radius 1 is 1.43 bits per heavy atom. The predicted octanol–water partition coefficient (Wildman–Crippen LogP) is 0.477. The zero-order valence-corrected chi connectivity index (χ0v) is 9.39. The average molecular weight is 221 g/mol. The van der Waals surface area contributed by atoms with Gasteiger partial charge in [0.2, 0.25) is 10.0 Å². The Kier molecular flexibility index (Phi) is 4.34. The summed E-state index contributed by atoms with van der Waals surface area (Å²) in [4.78, 5) is 0. The monoisotopic (exact) mass is 221 g/mol. The number of aliphatic hydroxyl groups excluding tert-OH is 1. The SMILES string of the molecule is CCCS(=O)(=O)NC1CCCC1CO. The normalized spacial score (nSPS) is 28.1. The number of aliphatic hydroxyl groups is 1. The summed E-state index contributed by atoms with van der Waals surface area (Å²) in [7, 11) is -3.12. The van der Waals surface area contributed by atoms with Gasteiger partial charge in [0.1, 0.15) is 0 Å². The minimum Gasteiger partial charge on any atom is -0.396 e. The van der Waals surface area contributed by atoms with Gasteiger partial charge in [-0.3, -0.25) is 0 Å². The lowest BCUT2D eigenvalue weighted by Crippen LogP contribution is -2.39. The molecule has 0 aliphatic heterocycles. The number of sulfonamides is 1. The van der Waals surface area contributed by atoms with Gasteiger partial charge in [0.05, 0.1) is 5.75 Å². The topological polar surface area (TPSA) is 66.4 Å². The van der Waals surface area contributed by atoms with Crippen LogP contribution in [-0.2, 0) is 10.0 Å². The first kappa shape index (κ1) is 11.9. The third-order valence-corrected chi connectivity index (χ3v) is 4.30. The number of nitrogens with one attached hydrogen (secondary N) is 1. The van der Waals surface area contributed by atoms with Gasteiger partial charge in [0, 0.05) is 12.6 Å². The van der Waals surface area contributed by atoms with Crippen LogP contribution in [0.15, 0.2) is 0 Å². The van der Waals surface area contributed by atoms with Crippen LogP contribution in [0.2, 0.25) is 0 Å². The Bertz CT molecular complexity index is 263. The third kappa shape index (κ3) is 3.22. The Labute approximate surface area is 85.8 Å². The Hall–Kier alpha value is -0.130. The molecule has 2 unspecified atom stereocenters. The van der Waals surface area contributed by atoms with E-state index in [2.05, 4.69) is 4.72 Å². The van der Waals surface area contributed by atoms with E-state index in [1.54, 1.807) is 0 Å². The van der Waals surface area contributed by atoms with Gasteiger partial charge in [-0.15, -0.1) is 0 Å². The van der Waals surface area contributed by atoms with Crippen molar-refractivity contribution in [2.75, 3.05) is 12.4 Å². The summed E-state index contributed by atoms with van der Waals surface area (Å²) in [6, 6.07) is -0.0449. The van der Waals surface area contributed by atoms with Crippen molar-refractivity contribution in [2.24, 2.45) is 5.92 Å². The molecule has 84 valence electrons. The maximum Gasteiger partial charge on any atom is 0.211 e. The fourth-order valence-corrected chi connectivity index (χ4v) is 3.40. The molecular formula is C9H19NO3S. The van der Waals surface area contributed by atoms with Gasteiger partial charge in [-0.25, -0.2) is 13.1 Å². The lowest BCUT2D eigenvalue weighted by Gasteiger charge is -2.18. The van der Waals surface area contributed by atoms with E-state index in [0.29, 0.717) is 6.42 Å². The molecule has 1 fully saturated rings. The molecule has 1 rings (SSSR count). The van der Waals surface area contributed by atoms with Crippen LogP contribution in [0.3, 0.4) is 0 Å². The molecule has 4 nitrogen and oxygen atoms in total. The van der Waals surface area contributed by atoms with Crippen molar-refractivity contribution in [2.45, 2.75) is 38.6 Å². The number of rotatable bonds is 5. The zero-order chi connectivity index (χ0) is 10.6. The van der Waals surface area contributed by atoms with E-state index in [4.69, 9.17) is 5.11 Å². The molecule has 0 aromatic rings. The minimum atomic E-state index is -3.12. The third-order valence-electron chi connectivity index (χ3n) is 2.70. The van der Waals surface area contributed by atoms with Crippen molar-refractivity contribution < 1.29 is 13.5 Å². The summed E-state index contributed by atoms with van der Waals surface area (Å²) in [5.74, 6) is 0.295.